The molecule has 2 atom stereocenters. The van der Waals surface area contributed by atoms with Crippen molar-refractivity contribution in [2.45, 2.75) is 39.2 Å². The molecule has 0 aliphatic heterocycles. The van der Waals surface area contributed by atoms with Gasteiger partial charge in [-0.3, -0.25) is 0 Å². The molecule has 0 amide bonds. The molecule has 4 nitrogen and oxygen atoms in total. The predicted molar refractivity (Wildman–Crippen MR) is 86.0 cm³/mol. The lowest BCUT2D eigenvalue weighted by molar-refractivity contribution is 0.0284. The number of hydrogen-bond donors (Lipinski definition) is 0. The van der Waals surface area contributed by atoms with Gasteiger partial charge < -0.3 is 4.74 Å². The molecule has 0 bridgehead atoms. The van der Waals surface area contributed by atoms with Crippen LogP contribution in [0.5, 0.6) is 0 Å². The highest BCUT2D eigenvalue weighted by Gasteiger charge is 2.34. The Balaban J connectivity index is 0.000000847. The molecule has 1 heterocycles. The molecule has 1 aliphatic carbocycles. The average molecular weight is 319 g/mol. The summed E-state index contributed by atoms with van der Waals surface area (Å²) < 4.78 is 5.56. The molecule has 3 rings (SSSR count). The molecule has 0 saturated heterocycles. The van der Waals surface area contributed by atoms with Crippen molar-refractivity contribution in [1.82, 2.24) is 9.97 Å². The fourth-order valence-corrected chi connectivity index (χ4v) is 2.85. The fourth-order valence-electron chi connectivity index (χ4n) is 2.52. The Morgan fingerprint density at radius 3 is 2.59 bits per heavy atom. The maximum atomic E-state index is 12.1. The van der Waals surface area contributed by atoms with E-state index in [9.17, 15) is 4.79 Å². The van der Waals surface area contributed by atoms with Crippen LogP contribution in [0.15, 0.2) is 36.7 Å². The monoisotopic (exact) mass is 318 g/mol. The van der Waals surface area contributed by atoms with Crippen molar-refractivity contribution in [2.24, 2.45) is 0 Å². The predicted octanol–water partition coefficient (Wildman–Crippen LogP) is 4.56. The lowest BCUT2D eigenvalue weighted by atomic mass is 10.1. The molecular weight excluding hydrogens is 300 g/mol. The van der Waals surface area contributed by atoms with Gasteiger partial charge in [0.25, 0.3) is 0 Å². The van der Waals surface area contributed by atoms with Crippen LogP contribution in [-0.4, -0.2) is 15.9 Å². The third-order valence-electron chi connectivity index (χ3n) is 3.49. The lowest BCUT2D eigenvalue weighted by Crippen LogP contribution is -2.10. The SMILES string of the molecule is CC.C[C@@H]1CC(OC(=O)c2ccccc2)c2ncnc(Cl)c21. The van der Waals surface area contributed by atoms with Gasteiger partial charge in [0, 0.05) is 5.56 Å². The largest absolute Gasteiger partial charge is 0.452 e. The highest BCUT2D eigenvalue weighted by atomic mass is 35.5. The summed E-state index contributed by atoms with van der Waals surface area (Å²) in [5.74, 6) is -0.155. The molecule has 5 heteroatoms. The molecule has 1 unspecified atom stereocenters. The number of aromatic nitrogens is 2. The number of rotatable bonds is 2. The summed E-state index contributed by atoms with van der Waals surface area (Å²) in [7, 11) is 0. The summed E-state index contributed by atoms with van der Waals surface area (Å²) in [5.41, 5.74) is 2.15. The number of hydrogen-bond acceptors (Lipinski definition) is 4. The topological polar surface area (TPSA) is 52.1 Å². The van der Waals surface area contributed by atoms with Crippen LogP contribution in [0.3, 0.4) is 0 Å². The Hall–Kier alpha value is -1.94. The van der Waals surface area contributed by atoms with Gasteiger partial charge in [0.2, 0.25) is 0 Å². The van der Waals surface area contributed by atoms with E-state index in [1.165, 1.54) is 6.33 Å². The summed E-state index contributed by atoms with van der Waals surface area (Å²) in [6.07, 6.45) is 1.74. The number of nitrogens with zero attached hydrogens (tertiary/aromatic N) is 2. The van der Waals surface area contributed by atoms with E-state index < -0.39 is 0 Å². The van der Waals surface area contributed by atoms with Gasteiger partial charge in [0.05, 0.1) is 11.3 Å². The van der Waals surface area contributed by atoms with E-state index in [0.29, 0.717) is 17.1 Å². The number of benzene rings is 1. The molecule has 2 aromatic rings. The van der Waals surface area contributed by atoms with Crippen molar-refractivity contribution in [3.05, 3.63) is 58.6 Å². The van der Waals surface area contributed by atoms with Crippen LogP contribution in [0.1, 0.15) is 60.8 Å². The maximum Gasteiger partial charge on any atom is 0.338 e. The fraction of sp³-hybridized carbons (Fsp3) is 0.353. The number of esters is 1. The summed E-state index contributed by atoms with van der Waals surface area (Å²) in [4.78, 5) is 20.3. The maximum absolute atomic E-state index is 12.1. The minimum absolute atomic E-state index is 0.187. The molecule has 22 heavy (non-hydrogen) atoms. The van der Waals surface area contributed by atoms with Crippen molar-refractivity contribution < 1.29 is 9.53 Å². The van der Waals surface area contributed by atoms with Crippen molar-refractivity contribution in [2.75, 3.05) is 0 Å². The lowest BCUT2D eigenvalue weighted by Gasteiger charge is -2.12. The Bertz CT molecular complexity index is 646. The van der Waals surface area contributed by atoms with Crippen LogP contribution >= 0.6 is 11.6 Å². The molecule has 0 spiro atoms. The van der Waals surface area contributed by atoms with Crippen molar-refractivity contribution in [3.63, 3.8) is 0 Å². The van der Waals surface area contributed by atoms with E-state index in [-0.39, 0.29) is 18.0 Å². The second kappa shape index (κ2) is 7.36. The Morgan fingerprint density at radius 1 is 1.23 bits per heavy atom. The highest BCUT2D eigenvalue weighted by molar-refractivity contribution is 6.30. The first-order chi connectivity index (χ1) is 10.7. The average Bonchev–Trinajstić information content (AvgIpc) is 2.87. The third-order valence-corrected chi connectivity index (χ3v) is 3.79. The third kappa shape index (κ3) is 3.28. The van der Waals surface area contributed by atoms with E-state index in [1.807, 2.05) is 26.8 Å². The van der Waals surface area contributed by atoms with Crippen molar-refractivity contribution in [3.8, 4) is 0 Å². The zero-order chi connectivity index (χ0) is 16.1. The van der Waals surface area contributed by atoms with Gasteiger partial charge in [-0.15, -0.1) is 0 Å². The number of carbonyl (C=O) groups excluding carboxylic acids is 1. The van der Waals surface area contributed by atoms with Gasteiger partial charge in [0.15, 0.2) is 0 Å². The molecule has 1 aliphatic rings. The van der Waals surface area contributed by atoms with Crippen LogP contribution in [-0.2, 0) is 4.74 Å². The molecule has 1 aromatic heterocycles. The van der Waals surface area contributed by atoms with Crippen molar-refractivity contribution in [1.29, 1.82) is 0 Å². The minimum Gasteiger partial charge on any atom is -0.452 e. The summed E-state index contributed by atoms with van der Waals surface area (Å²) >= 11 is 6.09. The Morgan fingerprint density at radius 2 is 1.91 bits per heavy atom. The zero-order valence-corrected chi connectivity index (χ0v) is 13.7. The number of halogens is 1. The van der Waals surface area contributed by atoms with Crippen LogP contribution < -0.4 is 0 Å². The number of fused-ring (bicyclic) bond motifs is 1. The summed E-state index contributed by atoms with van der Waals surface area (Å²) in [6.45, 7) is 6.03. The van der Waals surface area contributed by atoms with E-state index in [0.717, 1.165) is 11.3 Å². The van der Waals surface area contributed by atoms with Crippen LogP contribution in [0, 0.1) is 0 Å². The number of carbonyl (C=O) groups is 1. The second-order valence-corrected chi connectivity index (χ2v) is 5.22. The van der Waals surface area contributed by atoms with E-state index in [2.05, 4.69) is 9.97 Å². The van der Waals surface area contributed by atoms with E-state index in [1.54, 1.807) is 24.3 Å². The van der Waals surface area contributed by atoms with Gasteiger partial charge in [-0.1, -0.05) is 50.6 Å². The molecule has 0 saturated carbocycles. The van der Waals surface area contributed by atoms with Gasteiger partial charge in [-0.25, -0.2) is 14.8 Å². The van der Waals surface area contributed by atoms with Crippen molar-refractivity contribution >= 4 is 17.6 Å². The van der Waals surface area contributed by atoms with Gasteiger partial charge >= 0.3 is 5.97 Å². The molecular formula is C17H19ClN2O2. The van der Waals surface area contributed by atoms with Crippen LogP contribution in [0.25, 0.3) is 0 Å². The van der Waals surface area contributed by atoms with Gasteiger partial charge in [0.1, 0.15) is 17.6 Å². The second-order valence-electron chi connectivity index (χ2n) is 4.86. The highest BCUT2D eigenvalue weighted by Crippen LogP contribution is 2.43. The molecule has 0 N–H and O–H groups in total. The van der Waals surface area contributed by atoms with Gasteiger partial charge in [-0.2, -0.15) is 0 Å². The number of ether oxygens (including phenoxy) is 1. The van der Waals surface area contributed by atoms with E-state index in [4.69, 9.17) is 16.3 Å². The molecule has 1 aromatic carbocycles. The smallest absolute Gasteiger partial charge is 0.338 e. The standard InChI is InChI=1S/C15H13ClN2O2.C2H6/c1-9-7-11(13-12(9)14(16)18-8-17-13)20-15(19)10-5-3-2-4-6-10;1-2/h2-6,8-9,11H,7H2,1H3;1-2H3/t9-,11?;/m1./s1. The minimum atomic E-state index is -0.354. The van der Waals surface area contributed by atoms with Crippen LogP contribution in [0.2, 0.25) is 5.15 Å². The first-order valence-corrected chi connectivity index (χ1v) is 7.81. The molecule has 0 radical (unpaired) electrons. The van der Waals surface area contributed by atoms with Gasteiger partial charge in [-0.05, 0) is 24.5 Å². The first-order valence-electron chi connectivity index (χ1n) is 7.43. The Kier molecular flexibility index (Phi) is 5.50. The Labute approximate surface area is 135 Å². The normalized spacial score (nSPS) is 18.9. The first kappa shape index (κ1) is 16.4. The summed E-state index contributed by atoms with van der Waals surface area (Å²) in [5, 5.41) is 0.445. The molecule has 0 fully saturated rings. The van der Waals surface area contributed by atoms with E-state index >= 15 is 0 Å². The van der Waals surface area contributed by atoms with Crippen LogP contribution in [0.4, 0.5) is 0 Å². The summed E-state index contributed by atoms with van der Waals surface area (Å²) in [6, 6.07) is 8.93. The quantitative estimate of drug-likeness (QED) is 0.601. The zero-order valence-electron chi connectivity index (χ0n) is 12.9. The molecule has 116 valence electrons.